The van der Waals surface area contributed by atoms with E-state index in [1.54, 1.807) is 0 Å². The molecule has 1 aliphatic rings. The lowest BCUT2D eigenvalue weighted by Gasteiger charge is -2.18. The van der Waals surface area contributed by atoms with Gasteiger partial charge in [-0.2, -0.15) is 0 Å². The van der Waals surface area contributed by atoms with Gasteiger partial charge in [0.15, 0.2) is 5.78 Å². The van der Waals surface area contributed by atoms with Crippen molar-refractivity contribution in [2.45, 2.75) is 19.8 Å². The van der Waals surface area contributed by atoms with Crippen molar-refractivity contribution in [1.82, 2.24) is 0 Å². The molecular weight excluding hydrogens is 294 g/mol. The number of allylic oxidation sites excluding steroid dienone is 2. The third kappa shape index (κ3) is 3.48. The molecule has 1 aliphatic carbocycles. The average Bonchev–Trinajstić information content (AvgIpc) is 2.90. The van der Waals surface area contributed by atoms with E-state index in [1.165, 1.54) is 0 Å². The van der Waals surface area contributed by atoms with Gasteiger partial charge in [-0.15, -0.1) is 0 Å². The first-order valence-electron chi connectivity index (χ1n) is 8.36. The molecule has 0 aromatic heterocycles. The summed E-state index contributed by atoms with van der Waals surface area (Å²) >= 11 is 0. The van der Waals surface area contributed by atoms with E-state index in [0.29, 0.717) is 0 Å². The highest BCUT2D eigenvalue weighted by atomic mass is 16.1. The summed E-state index contributed by atoms with van der Waals surface area (Å²) in [6.07, 6.45) is 7.80. The Morgan fingerprint density at radius 3 is 2.29 bits per heavy atom. The van der Waals surface area contributed by atoms with Crippen molar-refractivity contribution in [1.29, 1.82) is 0 Å². The van der Waals surface area contributed by atoms with E-state index >= 15 is 0 Å². The lowest BCUT2D eigenvalue weighted by Crippen LogP contribution is -2.20. The van der Waals surface area contributed by atoms with Crippen LogP contribution >= 0.6 is 0 Å². The molecule has 1 saturated carbocycles. The van der Waals surface area contributed by atoms with E-state index in [1.807, 2.05) is 73.6 Å². The van der Waals surface area contributed by atoms with Gasteiger partial charge in [0.1, 0.15) is 0 Å². The molecule has 0 aliphatic heterocycles. The molecule has 0 radical (unpaired) electrons. The zero-order chi connectivity index (χ0) is 17.0. The predicted octanol–water partition coefficient (Wildman–Crippen LogP) is 5.09. The molecule has 3 rings (SSSR count). The topological polar surface area (TPSA) is 20.3 Å². The van der Waals surface area contributed by atoms with Crippen LogP contribution in [-0.4, -0.2) is 12.8 Å². The fourth-order valence-electron chi connectivity index (χ4n) is 3.09. The standard InChI is InChI=1S/C22H23NO/c1-22(15-13-18-9-5-3-6-10-18)16-14-19(21(22)24)17-23(2)20-11-7-4-8-12-20/h3-13,15,17H,14,16H2,1-2H3. The van der Waals surface area contributed by atoms with Gasteiger partial charge in [-0.05, 0) is 37.5 Å². The van der Waals surface area contributed by atoms with E-state index < -0.39 is 5.41 Å². The van der Waals surface area contributed by atoms with Crippen LogP contribution in [0, 0.1) is 5.41 Å². The third-order valence-corrected chi connectivity index (χ3v) is 4.68. The summed E-state index contributed by atoms with van der Waals surface area (Å²) in [6, 6.07) is 20.2. The Morgan fingerprint density at radius 2 is 1.62 bits per heavy atom. The molecule has 0 N–H and O–H groups in total. The first-order valence-corrected chi connectivity index (χ1v) is 8.36. The smallest absolute Gasteiger partial charge is 0.169 e. The molecule has 0 heterocycles. The molecular formula is C22H23NO. The van der Waals surface area contributed by atoms with E-state index in [9.17, 15) is 4.79 Å². The Morgan fingerprint density at radius 1 is 1.00 bits per heavy atom. The van der Waals surface area contributed by atoms with Crippen molar-refractivity contribution in [2.75, 3.05) is 11.9 Å². The number of anilines is 1. The first-order chi connectivity index (χ1) is 11.6. The molecule has 2 heteroatoms. The summed E-state index contributed by atoms with van der Waals surface area (Å²) in [6.45, 7) is 2.04. The minimum absolute atomic E-state index is 0.234. The highest BCUT2D eigenvalue weighted by Gasteiger charge is 2.38. The lowest BCUT2D eigenvalue weighted by atomic mass is 9.86. The van der Waals surface area contributed by atoms with Crippen LogP contribution in [0.4, 0.5) is 5.69 Å². The largest absolute Gasteiger partial charge is 0.351 e. The molecule has 2 nitrogen and oxygen atoms in total. The Kier molecular flexibility index (Phi) is 4.66. The Hall–Kier alpha value is -2.61. The van der Waals surface area contributed by atoms with Crippen LogP contribution in [0.5, 0.6) is 0 Å². The Balaban J connectivity index is 1.77. The number of hydrogen-bond donors (Lipinski definition) is 0. The normalized spacial score (nSPS) is 22.4. The maximum atomic E-state index is 12.9. The molecule has 1 unspecified atom stereocenters. The van der Waals surface area contributed by atoms with Crippen molar-refractivity contribution < 1.29 is 4.79 Å². The number of carbonyl (C=O) groups is 1. The Bertz CT molecular complexity index is 761. The number of carbonyl (C=O) groups excluding carboxylic acids is 1. The van der Waals surface area contributed by atoms with Gasteiger partial charge in [0.2, 0.25) is 0 Å². The highest BCUT2D eigenvalue weighted by molar-refractivity contribution is 6.03. The molecule has 1 fully saturated rings. The molecule has 0 spiro atoms. The number of nitrogens with zero attached hydrogens (tertiary/aromatic N) is 1. The summed E-state index contributed by atoms with van der Waals surface area (Å²) in [7, 11) is 1.99. The van der Waals surface area contributed by atoms with Gasteiger partial charge < -0.3 is 4.90 Å². The van der Waals surface area contributed by atoms with Crippen LogP contribution in [0.25, 0.3) is 6.08 Å². The minimum atomic E-state index is -0.404. The molecule has 0 bridgehead atoms. The zero-order valence-corrected chi connectivity index (χ0v) is 14.3. The van der Waals surface area contributed by atoms with E-state index in [0.717, 1.165) is 29.7 Å². The second-order valence-electron chi connectivity index (χ2n) is 6.59. The number of benzene rings is 2. The van der Waals surface area contributed by atoms with Gasteiger partial charge in [0, 0.05) is 29.9 Å². The summed E-state index contributed by atoms with van der Waals surface area (Å²) in [5.74, 6) is 0.234. The molecule has 2 aromatic rings. The summed E-state index contributed by atoms with van der Waals surface area (Å²) in [5.41, 5.74) is 2.72. The molecule has 122 valence electrons. The summed E-state index contributed by atoms with van der Waals surface area (Å²) < 4.78 is 0. The average molecular weight is 317 g/mol. The molecule has 24 heavy (non-hydrogen) atoms. The molecule has 0 amide bonds. The van der Waals surface area contributed by atoms with Crippen LogP contribution < -0.4 is 4.90 Å². The van der Waals surface area contributed by atoms with E-state index in [4.69, 9.17) is 0 Å². The van der Waals surface area contributed by atoms with Gasteiger partial charge >= 0.3 is 0 Å². The quantitative estimate of drug-likeness (QED) is 0.732. The van der Waals surface area contributed by atoms with Gasteiger partial charge in [-0.1, -0.05) is 60.7 Å². The van der Waals surface area contributed by atoms with Crippen LogP contribution in [0.2, 0.25) is 0 Å². The van der Waals surface area contributed by atoms with Crippen molar-refractivity contribution in [3.63, 3.8) is 0 Å². The monoisotopic (exact) mass is 317 g/mol. The SMILES string of the molecule is CN(C=C1CCC(C)(C=Cc2ccccc2)C1=O)c1ccccc1. The van der Waals surface area contributed by atoms with Gasteiger partial charge in [0.05, 0.1) is 0 Å². The highest BCUT2D eigenvalue weighted by Crippen LogP contribution is 2.39. The van der Waals surface area contributed by atoms with Crippen molar-refractivity contribution >= 4 is 17.5 Å². The Labute approximate surface area is 144 Å². The summed E-state index contributed by atoms with van der Waals surface area (Å²) in [4.78, 5) is 14.9. The van der Waals surface area contributed by atoms with Crippen LogP contribution in [0.3, 0.4) is 0 Å². The van der Waals surface area contributed by atoms with Crippen LogP contribution in [-0.2, 0) is 4.79 Å². The fraction of sp³-hybridized carbons (Fsp3) is 0.227. The van der Waals surface area contributed by atoms with Gasteiger partial charge in [-0.3, -0.25) is 4.79 Å². The number of hydrogen-bond acceptors (Lipinski definition) is 2. The number of ketones is 1. The van der Waals surface area contributed by atoms with Gasteiger partial charge in [-0.25, -0.2) is 0 Å². The van der Waals surface area contributed by atoms with Crippen LogP contribution in [0.15, 0.2) is 78.5 Å². The zero-order valence-electron chi connectivity index (χ0n) is 14.3. The molecule has 1 atom stereocenters. The lowest BCUT2D eigenvalue weighted by molar-refractivity contribution is -0.120. The second kappa shape index (κ2) is 6.88. The van der Waals surface area contributed by atoms with Crippen molar-refractivity contribution in [2.24, 2.45) is 5.41 Å². The fourth-order valence-corrected chi connectivity index (χ4v) is 3.09. The maximum absolute atomic E-state index is 12.9. The number of Topliss-reactive ketones (excluding diaryl/α,β-unsaturated/α-hetero) is 1. The number of rotatable bonds is 4. The van der Waals surface area contributed by atoms with Gasteiger partial charge in [0.25, 0.3) is 0 Å². The second-order valence-corrected chi connectivity index (χ2v) is 6.59. The molecule has 0 saturated heterocycles. The summed E-state index contributed by atoms with van der Waals surface area (Å²) in [5, 5.41) is 0. The van der Waals surface area contributed by atoms with E-state index in [-0.39, 0.29) is 5.78 Å². The predicted molar refractivity (Wildman–Crippen MR) is 101 cm³/mol. The first kappa shape index (κ1) is 16.3. The van der Waals surface area contributed by atoms with Crippen molar-refractivity contribution in [3.05, 3.63) is 84.1 Å². The third-order valence-electron chi connectivity index (χ3n) is 4.68. The number of para-hydroxylation sites is 1. The van der Waals surface area contributed by atoms with Crippen molar-refractivity contribution in [3.8, 4) is 0 Å². The maximum Gasteiger partial charge on any atom is 0.169 e. The minimum Gasteiger partial charge on any atom is -0.351 e. The van der Waals surface area contributed by atoms with Crippen LogP contribution in [0.1, 0.15) is 25.3 Å². The van der Waals surface area contributed by atoms with E-state index in [2.05, 4.69) is 24.3 Å². The molecule has 2 aromatic carbocycles.